The molecule has 1 fully saturated rings. The van der Waals surface area contributed by atoms with Crippen molar-refractivity contribution in [1.29, 1.82) is 0 Å². The number of para-hydroxylation sites is 1. The lowest BCUT2D eigenvalue weighted by Gasteiger charge is -2.32. The summed E-state index contributed by atoms with van der Waals surface area (Å²) >= 11 is 0. The van der Waals surface area contributed by atoms with Gasteiger partial charge in [-0.25, -0.2) is 0 Å². The molecule has 0 saturated heterocycles. The predicted octanol–water partition coefficient (Wildman–Crippen LogP) is 2.57. The highest BCUT2D eigenvalue weighted by Crippen LogP contribution is 2.39. The van der Waals surface area contributed by atoms with Gasteiger partial charge >= 0.3 is 0 Å². The fraction of sp³-hybridized carbons (Fsp3) is 0.600. The first-order valence-electron chi connectivity index (χ1n) is 7.06. The summed E-state index contributed by atoms with van der Waals surface area (Å²) < 4.78 is 5.72. The first kappa shape index (κ1) is 12.0. The molecular weight excluding hydrogens is 224 g/mol. The van der Waals surface area contributed by atoms with E-state index in [1.165, 1.54) is 31.2 Å². The first-order chi connectivity index (χ1) is 8.88. The van der Waals surface area contributed by atoms with E-state index >= 15 is 0 Å². The van der Waals surface area contributed by atoms with E-state index in [9.17, 15) is 0 Å². The highest BCUT2D eigenvalue weighted by atomic mass is 16.5. The quantitative estimate of drug-likeness (QED) is 0.620. The maximum absolute atomic E-state index is 5.78. The maximum atomic E-state index is 5.78. The van der Waals surface area contributed by atoms with Gasteiger partial charge in [0, 0.05) is 12.0 Å². The molecule has 3 rings (SSSR count). The number of hydrogen-bond donors (Lipinski definition) is 2. The van der Waals surface area contributed by atoms with Crippen molar-refractivity contribution in [3.63, 3.8) is 0 Å². The number of hydrogen-bond acceptors (Lipinski definition) is 3. The molecule has 1 aromatic rings. The summed E-state index contributed by atoms with van der Waals surface area (Å²) in [5.74, 6) is 8.29. The second kappa shape index (κ2) is 5.29. The van der Waals surface area contributed by atoms with Gasteiger partial charge in [-0.3, -0.25) is 11.3 Å². The molecule has 3 heteroatoms. The molecule has 98 valence electrons. The topological polar surface area (TPSA) is 47.3 Å². The first-order valence-corrected chi connectivity index (χ1v) is 7.06. The Morgan fingerprint density at radius 2 is 2.11 bits per heavy atom. The Labute approximate surface area is 109 Å². The molecule has 0 aromatic heterocycles. The molecule has 2 unspecified atom stereocenters. The van der Waals surface area contributed by atoms with Crippen molar-refractivity contribution in [2.45, 2.75) is 44.1 Å². The summed E-state index contributed by atoms with van der Waals surface area (Å²) in [7, 11) is 0. The summed E-state index contributed by atoms with van der Waals surface area (Å²) in [6.07, 6.45) is 6.40. The Hall–Kier alpha value is -1.06. The van der Waals surface area contributed by atoms with E-state index in [2.05, 4.69) is 23.6 Å². The Morgan fingerprint density at radius 3 is 2.89 bits per heavy atom. The molecule has 0 amide bonds. The third kappa shape index (κ3) is 2.52. The lowest BCUT2D eigenvalue weighted by Crippen LogP contribution is -2.41. The Balaban J connectivity index is 1.73. The predicted molar refractivity (Wildman–Crippen MR) is 72.4 cm³/mol. The largest absolute Gasteiger partial charge is 0.493 e. The minimum absolute atomic E-state index is 0.385. The molecule has 1 aromatic carbocycles. The van der Waals surface area contributed by atoms with Gasteiger partial charge in [-0.2, -0.15) is 0 Å². The third-order valence-electron chi connectivity index (χ3n) is 4.29. The van der Waals surface area contributed by atoms with Crippen LogP contribution >= 0.6 is 0 Å². The van der Waals surface area contributed by atoms with E-state index in [1.54, 1.807) is 0 Å². The molecule has 0 spiro atoms. The van der Waals surface area contributed by atoms with Crippen LogP contribution in [0.1, 0.15) is 43.6 Å². The van der Waals surface area contributed by atoms with Gasteiger partial charge in [0.25, 0.3) is 0 Å². The molecule has 0 radical (unpaired) electrons. The number of benzene rings is 1. The molecule has 18 heavy (non-hydrogen) atoms. The van der Waals surface area contributed by atoms with Crippen LogP contribution in [0, 0.1) is 5.92 Å². The minimum atomic E-state index is 0.385. The smallest absolute Gasteiger partial charge is 0.122 e. The van der Waals surface area contributed by atoms with Crippen molar-refractivity contribution in [2.24, 2.45) is 11.8 Å². The Morgan fingerprint density at radius 1 is 1.28 bits per heavy atom. The minimum Gasteiger partial charge on any atom is -0.493 e. The molecule has 2 aliphatic rings. The SMILES string of the molecule is NNC(CCC1CC1)C1CCOc2ccccc21. The second-order valence-electron chi connectivity index (χ2n) is 5.58. The number of rotatable bonds is 5. The third-order valence-corrected chi connectivity index (χ3v) is 4.29. The Kier molecular flexibility index (Phi) is 3.52. The molecule has 1 saturated carbocycles. The fourth-order valence-corrected chi connectivity index (χ4v) is 3.01. The van der Waals surface area contributed by atoms with Crippen molar-refractivity contribution >= 4 is 0 Å². The average molecular weight is 246 g/mol. The number of fused-ring (bicyclic) bond motifs is 1. The van der Waals surface area contributed by atoms with E-state index in [0.717, 1.165) is 24.7 Å². The summed E-state index contributed by atoms with van der Waals surface area (Å²) in [4.78, 5) is 0. The van der Waals surface area contributed by atoms with E-state index in [4.69, 9.17) is 10.6 Å². The normalized spacial score (nSPS) is 24.2. The van der Waals surface area contributed by atoms with Gasteiger partial charge in [0.05, 0.1) is 6.61 Å². The maximum Gasteiger partial charge on any atom is 0.122 e. The van der Waals surface area contributed by atoms with Crippen LogP contribution in [0.5, 0.6) is 5.75 Å². The number of hydrazine groups is 1. The van der Waals surface area contributed by atoms with Crippen molar-refractivity contribution < 1.29 is 4.74 Å². The van der Waals surface area contributed by atoms with Gasteiger partial charge in [-0.15, -0.1) is 0 Å². The van der Waals surface area contributed by atoms with Crippen LogP contribution in [0.15, 0.2) is 24.3 Å². The zero-order valence-corrected chi connectivity index (χ0v) is 10.8. The van der Waals surface area contributed by atoms with E-state index < -0.39 is 0 Å². The average Bonchev–Trinajstić information content (AvgIpc) is 3.24. The van der Waals surface area contributed by atoms with Gasteiger partial charge in [0.15, 0.2) is 0 Å². The van der Waals surface area contributed by atoms with Crippen molar-refractivity contribution in [3.8, 4) is 5.75 Å². The number of nitrogens with two attached hydrogens (primary N) is 1. The second-order valence-corrected chi connectivity index (χ2v) is 5.58. The summed E-state index contributed by atoms with van der Waals surface area (Å²) in [6.45, 7) is 0.809. The van der Waals surface area contributed by atoms with Crippen LogP contribution in [0.2, 0.25) is 0 Å². The zero-order chi connectivity index (χ0) is 12.4. The van der Waals surface area contributed by atoms with Crippen molar-refractivity contribution in [2.75, 3.05) is 6.61 Å². The monoisotopic (exact) mass is 246 g/mol. The van der Waals surface area contributed by atoms with Crippen LogP contribution in [0.3, 0.4) is 0 Å². The Bertz CT molecular complexity index is 403. The van der Waals surface area contributed by atoms with E-state index in [0.29, 0.717) is 12.0 Å². The van der Waals surface area contributed by atoms with Crippen LogP contribution in [-0.4, -0.2) is 12.6 Å². The summed E-state index contributed by atoms with van der Waals surface area (Å²) in [5, 5.41) is 0. The molecule has 1 heterocycles. The molecule has 1 aliphatic carbocycles. The summed E-state index contributed by atoms with van der Waals surface area (Å²) in [5.41, 5.74) is 4.36. The fourth-order valence-electron chi connectivity index (χ4n) is 3.01. The molecule has 3 nitrogen and oxygen atoms in total. The van der Waals surface area contributed by atoms with Crippen molar-refractivity contribution in [3.05, 3.63) is 29.8 Å². The highest BCUT2D eigenvalue weighted by Gasteiger charge is 2.30. The van der Waals surface area contributed by atoms with Crippen molar-refractivity contribution in [1.82, 2.24) is 5.43 Å². The molecule has 2 atom stereocenters. The van der Waals surface area contributed by atoms with Gasteiger partial charge in [-0.1, -0.05) is 31.0 Å². The highest BCUT2D eigenvalue weighted by molar-refractivity contribution is 5.38. The zero-order valence-electron chi connectivity index (χ0n) is 10.8. The standard InChI is InChI=1S/C15H22N2O/c16-17-14(8-7-11-5-6-11)12-9-10-18-15-4-2-1-3-13(12)15/h1-4,11-12,14,17H,5-10,16H2. The van der Waals surface area contributed by atoms with Gasteiger partial charge in [0.1, 0.15) is 5.75 Å². The molecule has 3 N–H and O–H groups in total. The summed E-state index contributed by atoms with van der Waals surface area (Å²) in [6, 6.07) is 8.76. The van der Waals surface area contributed by atoms with Crippen LogP contribution < -0.4 is 16.0 Å². The van der Waals surface area contributed by atoms with Crippen LogP contribution in [0.4, 0.5) is 0 Å². The van der Waals surface area contributed by atoms with Crippen LogP contribution in [-0.2, 0) is 0 Å². The number of ether oxygens (including phenoxy) is 1. The molecule has 0 bridgehead atoms. The lowest BCUT2D eigenvalue weighted by atomic mass is 9.84. The van der Waals surface area contributed by atoms with Crippen LogP contribution in [0.25, 0.3) is 0 Å². The number of nitrogens with one attached hydrogen (secondary N) is 1. The van der Waals surface area contributed by atoms with E-state index in [-0.39, 0.29) is 0 Å². The van der Waals surface area contributed by atoms with Gasteiger partial charge in [0.2, 0.25) is 0 Å². The van der Waals surface area contributed by atoms with Gasteiger partial charge < -0.3 is 4.74 Å². The molecular formula is C15H22N2O. The van der Waals surface area contributed by atoms with E-state index in [1.807, 2.05) is 6.07 Å². The van der Waals surface area contributed by atoms with Gasteiger partial charge in [-0.05, 0) is 36.8 Å². The molecule has 1 aliphatic heterocycles. The lowest BCUT2D eigenvalue weighted by molar-refractivity contribution is 0.240.